The molecule has 0 aliphatic rings. The van der Waals surface area contributed by atoms with Crippen LogP contribution in [0.4, 0.5) is 17.6 Å². The van der Waals surface area contributed by atoms with Gasteiger partial charge in [-0.05, 0) is 47.7 Å². The Morgan fingerprint density at radius 3 is 2.10 bits per heavy atom. The van der Waals surface area contributed by atoms with E-state index in [2.05, 4.69) is 5.92 Å². The Morgan fingerprint density at radius 2 is 1.70 bits per heavy atom. The van der Waals surface area contributed by atoms with Crippen LogP contribution in [-0.4, -0.2) is 31.2 Å². The molecule has 1 aromatic carbocycles. The van der Waals surface area contributed by atoms with Gasteiger partial charge in [-0.25, -0.2) is 9.18 Å². The molecule has 0 saturated heterocycles. The van der Waals surface area contributed by atoms with Crippen LogP contribution < -0.4 is 0 Å². The number of carboxylic acid groups (broad SMARTS) is 1. The zero-order valence-corrected chi connectivity index (χ0v) is 19.1. The summed E-state index contributed by atoms with van der Waals surface area (Å²) in [6.45, 7) is 8.47. The molecule has 0 unspecified atom stereocenters. The van der Waals surface area contributed by atoms with E-state index in [0.717, 1.165) is 12.1 Å². The molecule has 0 aliphatic carbocycles. The van der Waals surface area contributed by atoms with Gasteiger partial charge in [0.2, 0.25) is 0 Å². The summed E-state index contributed by atoms with van der Waals surface area (Å²) >= 11 is 0. The molecule has 0 saturated carbocycles. The SMILES string of the molecule is C#CC[C@](CC(C)(C)c1ccc(F)cc1C(=O)O)(O[Si](CC)(CC)CC)C(F)(F)F. The Bertz CT molecular complexity index is 786. The minimum Gasteiger partial charge on any atom is -0.478 e. The fraction of sp³-hybridized carbons (Fsp3) is 0.591. The van der Waals surface area contributed by atoms with Crippen molar-refractivity contribution in [3.63, 3.8) is 0 Å². The Morgan fingerprint density at radius 1 is 1.17 bits per heavy atom. The molecule has 1 atom stereocenters. The van der Waals surface area contributed by atoms with Crippen molar-refractivity contribution < 1.29 is 31.9 Å². The Hall–Kier alpha value is -1.85. The highest BCUT2D eigenvalue weighted by molar-refractivity contribution is 6.73. The molecule has 0 aromatic heterocycles. The van der Waals surface area contributed by atoms with Gasteiger partial charge < -0.3 is 9.53 Å². The van der Waals surface area contributed by atoms with E-state index in [0.29, 0.717) is 18.1 Å². The number of carbonyl (C=O) groups is 1. The Balaban J connectivity index is 3.64. The first kappa shape index (κ1) is 26.2. The summed E-state index contributed by atoms with van der Waals surface area (Å²) in [5.74, 6) is -0.0530. The maximum Gasteiger partial charge on any atom is 0.417 e. The van der Waals surface area contributed by atoms with E-state index in [1.807, 2.05) is 20.8 Å². The van der Waals surface area contributed by atoms with E-state index in [9.17, 15) is 27.5 Å². The number of aromatic carboxylic acids is 1. The summed E-state index contributed by atoms with van der Waals surface area (Å²) in [7, 11) is -2.74. The van der Waals surface area contributed by atoms with Crippen molar-refractivity contribution in [2.45, 2.75) is 82.8 Å². The van der Waals surface area contributed by atoms with E-state index < -0.39 is 50.1 Å². The lowest BCUT2D eigenvalue weighted by atomic mass is 9.72. The number of benzene rings is 1. The first-order valence-corrected chi connectivity index (χ1v) is 12.5. The lowest BCUT2D eigenvalue weighted by Gasteiger charge is -2.46. The normalized spacial score (nSPS) is 14.8. The monoisotopic (exact) mass is 446 g/mol. The Kier molecular flexibility index (Phi) is 8.31. The van der Waals surface area contributed by atoms with Crippen molar-refractivity contribution in [3.8, 4) is 12.3 Å². The van der Waals surface area contributed by atoms with Crippen molar-refractivity contribution in [3.05, 3.63) is 35.1 Å². The fourth-order valence-corrected chi connectivity index (χ4v) is 7.05. The zero-order chi connectivity index (χ0) is 23.4. The molecular weight excluding hydrogens is 416 g/mol. The van der Waals surface area contributed by atoms with Crippen LogP contribution in [0.5, 0.6) is 0 Å². The van der Waals surface area contributed by atoms with E-state index in [4.69, 9.17) is 10.8 Å². The number of alkyl halides is 3. The number of halogens is 4. The molecule has 168 valence electrons. The second-order valence-corrected chi connectivity index (χ2v) is 13.0. The molecule has 30 heavy (non-hydrogen) atoms. The van der Waals surface area contributed by atoms with Gasteiger partial charge in [0.05, 0.1) is 5.56 Å². The van der Waals surface area contributed by atoms with E-state index in [1.54, 1.807) is 0 Å². The molecule has 0 radical (unpaired) electrons. The number of rotatable bonds is 10. The minimum atomic E-state index is -4.77. The predicted molar refractivity (Wildman–Crippen MR) is 112 cm³/mol. The molecule has 0 fully saturated rings. The quantitative estimate of drug-likeness (QED) is 0.252. The third-order valence-corrected chi connectivity index (χ3v) is 10.6. The maximum atomic E-state index is 14.5. The molecule has 8 heteroatoms. The van der Waals surface area contributed by atoms with Crippen molar-refractivity contribution in [2.75, 3.05) is 0 Å². The van der Waals surface area contributed by atoms with Gasteiger partial charge in [-0.3, -0.25) is 0 Å². The largest absolute Gasteiger partial charge is 0.478 e. The molecule has 1 N–H and O–H groups in total. The standard InChI is InChI=1S/C22H30F4O3Si/c1-7-13-21(22(24,25)26,29-30(8-2,9-3)10-4)15-20(5,6)18-12-11-16(23)14-17(18)19(27)28/h1,11-12,14H,8-10,13,15H2,2-6H3,(H,27,28)/t21-/m1/s1. The van der Waals surface area contributed by atoms with Crippen molar-refractivity contribution in [1.82, 2.24) is 0 Å². The van der Waals surface area contributed by atoms with Gasteiger partial charge in [0.15, 0.2) is 13.9 Å². The molecule has 0 heterocycles. The summed E-state index contributed by atoms with van der Waals surface area (Å²) < 4.78 is 63.1. The topological polar surface area (TPSA) is 46.5 Å². The van der Waals surface area contributed by atoms with E-state index >= 15 is 0 Å². The van der Waals surface area contributed by atoms with E-state index in [-0.39, 0.29) is 11.1 Å². The number of hydrogen-bond donors (Lipinski definition) is 1. The smallest absolute Gasteiger partial charge is 0.417 e. The number of terminal acetylenes is 1. The summed E-state index contributed by atoms with van der Waals surface area (Å²) in [5.41, 5.74) is -4.20. The van der Waals surface area contributed by atoms with Gasteiger partial charge in [0.1, 0.15) is 5.82 Å². The highest BCUT2D eigenvalue weighted by Gasteiger charge is 2.60. The third kappa shape index (κ3) is 5.44. The van der Waals surface area contributed by atoms with Gasteiger partial charge in [-0.15, -0.1) is 12.3 Å². The van der Waals surface area contributed by atoms with Gasteiger partial charge in [0.25, 0.3) is 0 Å². The van der Waals surface area contributed by atoms with Gasteiger partial charge in [-0.2, -0.15) is 13.2 Å². The van der Waals surface area contributed by atoms with Crippen LogP contribution >= 0.6 is 0 Å². The first-order chi connectivity index (χ1) is 13.7. The van der Waals surface area contributed by atoms with Crippen LogP contribution in [0.15, 0.2) is 18.2 Å². The van der Waals surface area contributed by atoms with Crippen LogP contribution in [0.1, 0.15) is 63.4 Å². The highest BCUT2D eigenvalue weighted by atomic mass is 28.4. The van der Waals surface area contributed by atoms with Crippen LogP contribution in [0.2, 0.25) is 18.1 Å². The maximum absolute atomic E-state index is 14.5. The van der Waals surface area contributed by atoms with E-state index in [1.165, 1.54) is 19.9 Å². The molecule has 3 nitrogen and oxygen atoms in total. The van der Waals surface area contributed by atoms with Crippen molar-refractivity contribution in [1.29, 1.82) is 0 Å². The van der Waals surface area contributed by atoms with Crippen LogP contribution in [0.25, 0.3) is 0 Å². The lowest BCUT2D eigenvalue weighted by Crippen LogP contribution is -2.57. The molecule has 0 amide bonds. The molecular formula is C22H30F4O3Si. The summed E-state index contributed by atoms with van der Waals surface area (Å²) in [5, 5.41) is 9.47. The molecule has 1 rings (SSSR count). The van der Waals surface area contributed by atoms with Crippen molar-refractivity contribution in [2.24, 2.45) is 0 Å². The number of carboxylic acids is 1. The summed E-state index contributed by atoms with van der Waals surface area (Å²) in [6.07, 6.45) is -0.672. The number of hydrogen-bond acceptors (Lipinski definition) is 2. The zero-order valence-electron chi connectivity index (χ0n) is 18.1. The molecule has 0 bridgehead atoms. The third-order valence-electron chi connectivity index (χ3n) is 5.92. The second-order valence-electron chi connectivity index (χ2n) is 8.27. The van der Waals surface area contributed by atoms with Crippen LogP contribution in [0.3, 0.4) is 0 Å². The van der Waals surface area contributed by atoms with Gasteiger partial charge in [-0.1, -0.05) is 40.7 Å². The van der Waals surface area contributed by atoms with Crippen molar-refractivity contribution >= 4 is 14.3 Å². The molecule has 0 spiro atoms. The highest BCUT2D eigenvalue weighted by Crippen LogP contribution is 2.48. The average molecular weight is 447 g/mol. The first-order valence-electron chi connectivity index (χ1n) is 9.96. The predicted octanol–water partition coefficient (Wildman–Crippen LogP) is 6.54. The molecule has 1 aromatic rings. The fourth-order valence-electron chi connectivity index (χ4n) is 4.03. The second kappa shape index (κ2) is 9.52. The Labute approximate surface area is 177 Å². The summed E-state index contributed by atoms with van der Waals surface area (Å²) in [6, 6.07) is 4.59. The average Bonchev–Trinajstić information content (AvgIpc) is 2.64. The molecule has 0 aliphatic heterocycles. The van der Waals surface area contributed by atoms with Crippen LogP contribution in [0, 0.1) is 18.2 Å². The minimum absolute atomic E-state index is 0.0995. The van der Waals surface area contributed by atoms with Gasteiger partial charge in [0, 0.05) is 6.42 Å². The lowest BCUT2D eigenvalue weighted by molar-refractivity contribution is -0.257. The van der Waals surface area contributed by atoms with Crippen LogP contribution in [-0.2, 0) is 9.84 Å². The van der Waals surface area contributed by atoms with Gasteiger partial charge >= 0.3 is 12.1 Å². The summed E-state index contributed by atoms with van der Waals surface area (Å²) in [4.78, 5) is 11.6.